The average Bonchev–Trinajstić information content (AvgIpc) is 2.84. The highest BCUT2D eigenvalue weighted by atomic mass is 16.7. The summed E-state index contributed by atoms with van der Waals surface area (Å²) in [5.74, 6) is 0.861. The maximum atomic E-state index is 11.3. The third-order valence-corrected chi connectivity index (χ3v) is 2.71. The Balaban J connectivity index is 1.94. The molecule has 4 nitrogen and oxygen atoms in total. The van der Waals surface area contributed by atoms with Crippen molar-refractivity contribution in [3.05, 3.63) is 31.6 Å². The number of rotatable bonds is 2. The first-order chi connectivity index (χ1) is 7.22. The number of hydrogen-bond acceptors (Lipinski definition) is 4. The van der Waals surface area contributed by atoms with Gasteiger partial charge in [0.2, 0.25) is 0 Å². The van der Waals surface area contributed by atoms with Crippen molar-refractivity contribution in [3.63, 3.8) is 0 Å². The van der Waals surface area contributed by atoms with Gasteiger partial charge in [-0.15, -0.1) is 0 Å². The van der Waals surface area contributed by atoms with Gasteiger partial charge in [0.1, 0.15) is 0 Å². The molecule has 2 aliphatic rings. The number of carbonyl (C=O) groups excluding carboxylic acids is 1. The normalized spacial score (nSPS) is 33.5. The Kier molecular flexibility index (Phi) is 3.26. The number of ether oxygens (including phenoxy) is 1. The van der Waals surface area contributed by atoms with E-state index in [9.17, 15) is 4.79 Å². The van der Waals surface area contributed by atoms with E-state index in [0.717, 1.165) is 0 Å². The molecule has 1 saturated heterocycles. The summed E-state index contributed by atoms with van der Waals surface area (Å²) >= 11 is 0. The van der Waals surface area contributed by atoms with Crippen molar-refractivity contribution < 1.29 is 14.4 Å². The van der Waals surface area contributed by atoms with E-state index in [0.29, 0.717) is 6.42 Å². The van der Waals surface area contributed by atoms with Gasteiger partial charge in [0.15, 0.2) is 6.10 Å². The van der Waals surface area contributed by atoms with Crippen molar-refractivity contribution in [1.29, 1.82) is 0 Å². The second-order valence-corrected chi connectivity index (χ2v) is 3.63. The molecular formula is C11H14NO3. The van der Waals surface area contributed by atoms with E-state index in [1.165, 1.54) is 13.0 Å². The predicted molar refractivity (Wildman–Crippen MR) is 53.5 cm³/mol. The Hall–Kier alpha value is -0.610. The highest BCUT2D eigenvalue weighted by Crippen LogP contribution is 2.35. The van der Waals surface area contributed by atoms with Crippen LogP contribution in [0.3, 0.4) is 0 Å². The Morgan fingerprint density at radius 1 is 1.53 bits per heavy atom. The summed E-state index contributed by atoms with van der Waals surface area (Å²) in [4.78, 5) is 16.7. The average molecular weight is 208 g/mol. The lowest BCUT2D eigenvalue weighted by Gasteiger charge is -2.22. The first-order valence-electron chi connectivity index (χ1n) is 4.91. The number of hydrogen-bond donors (Lipinski definition) is 0. The smallest absolute Gasteiger partial charge is 0.337 e. The second-order valence-electron chi connectivity index (χ2n) is 3.63. The van der Waals surface area contributed by atoms with Gasteiger partial charge in [-0.1, -0.05) is 0 Å². The molecule has 0 amide bonds. The third kappa shape index (κ3) is 2.16. The quantitative estimate of drug-likeness (QED) is 0.622. The number of methoxy groups -OCH3 is 1. The predicted octanol–water partition coefficient (Wildman–Crippen LogP) is 0.569. The summed E-state index contributed by atoms with van der Waals surface area (Å²) in [6, 6.07) is 0.143. The minimum atomic E-state index is -0.472. The Labute approximate surface area is 90.5 Å². The largest absolute Gasteiger partial charge is 0.467 e. The monoisotopic (exact) mass is 208 g/mol. The molecule has 2 rings (SSSR count). The molecule has 1 aliphatic heterocycles. The van der Waals surface area contributed by atoms with Gasteiger partial charge in [0, 0.05) is 25.4 Å². The van der Waals surface area contributed by atoms with E-state index < -0.39 is 6.10 Å². The van der Waals surface area contributed by atoms with E-state index in [1.54, 1.807) is 5.06 Å². The molecule has 0 spiro atoms. The van der Waals surface area contributed by atoms with Crippen LogP contribution in [0.4, 0.5) is 0 Å². The Bertz CT molecular complexity index is 238. The van der Waals surface area contributed by atoms with Crippen LogP contribution in [0.2, 0.25) is 0 Å². The van der Waals surface area contributed by atoms with E-state index in [1.807, 2.05) is 32.7 Å². The molecule has 1 aliphatic carbocycles. The van der Waals surface area contributed by atoms with Crippen LogP contribution in [-0.4, -0.2) is 37.3 Å². The molecule has 1 saturated carbocycles. The molecule has 2 atom stereocenters. The lowest BCUT2D eigenvalue weighted by atomic mass is 9.94. The van der Waals surface area contributed by atoms with Gasteiger partial charge in [-0.2, -0.15) is 5.06 Å². The van der Waals surface area contributed by atoms with Crippen LogP contribution < -0.4 is 0 Å². The summed E-state index contributed by atoms with van der Waals surface area (Å²) in [6.45, 7) is 0. The molecule has 2 fully saturated rings. The number of esters is 1. The van der Waals surface area contributed by atoms with Crippen LogP contribution in [0.25, 0.3) is 0 Å². The maximum absolute atomic E-state index is 11.3. The zero-order chi connectivity index (χ0) is 10.8. The van der Waals surface area contributed by atoms with Crippen LogP contribution in [0.5, 0.6) is 0 Å². The molecule has 1 heterocycles. The summed E-state index contributed by atoms with van der Waals surface area (Å²) in [7, 11) is 3.21. The van der Waals surface area contributed by atoms with Crippen LogP contribution >= 0.6 is 0 Å². The highest BCUT2D eigenvalue weighted by molar-refractivity contribution is 5.75. The van der Waals surface area contributed by atoms with Gasteiger partial charge < -0.3 is 4.74 Å². The fourth-order valence-electron chi connectivity index (χ4n) is 1.90. The van der Waals surface area contributed by atoms with Gasteiger partial charge in [-0.05, 0) is 25.7 Å². The van der Waals surface area contributed by atoms with Gasteiger partial charge in [-0.25, -0.2) is 4.79 Å². The number of hydroxylamine groups is 2. The van der Waals surface area contributed by atoms with Crippen LogP contribution in [-0.2, 0) is 14.4 Å². The minimum Gasteiger partial charge on any atom is -0.467 e. The zero-order valence-electron chi connectivity index (χ0n) is 8.84. The molecule has 0 aromatic rings. The van der Waals surface area contributed by atoms with Gasteiger partial charge in [0.05, 0.1) is 7.11 Å². The van der Waals surface area contributed by atoms with Crippen molar-refractivity contribution in [3.8, 4) is 0 Å². The third-order valence-electron chi connectivity index (χ3n) is 2.71. The molecule has 5 radical (unpaired) electrons. The van der Waals surface area contributed by atoms with Gasteiger partial charge >= 0.3 is 5.97 Å². The number of nitrogens with zero attached hydrogens (tertiary/aromatic N) is 1. The standard InChI is InChI=1S/C11H14NO3/c1-12-9(8-5-3-4-6-8)7-10(15-12)11(13)14-2/h3-6,9-10H,7H2,1-2H3/t9-,10-/m0/s1. The van der Waals surface area contributed by atoms with Crippen molar-refractivity contribution in [2.24, 2.45) is 0 Å². The lowest BCUT2D eigenvalue weighted by Crippen LogP contribution is -2.29. The number of carbonyl (C=O) groups is 1. The summed E-state index contributed by atoms with van der Waals surface area (Å²) in [5, 5.41) is 1.72. The lowest BCUT2D eigenvalue weighted by molar-refractivity contribution is -0.178. The van der Waals surface area contributed by atoms with Crippen molar-refractivity contribution in [2.75, 3.05) is 14.2 Å². The molecule has 15 heavy (non-hydrogen) atoms. The van der Waals surface area contributed by atoms with Crippen LogP contribution in [0.15, 0.2) is 0 Å². The maximum Gasteiger partial charge on any atom is 0.337 e. The summed E-state index contributed by atoms with van der Waals surface area (Å²) < 4.78 is 4.66. The SMILES string of the molecule is COC(=O)[C@@H]1C[C@@H]([C]2[CH][CH][CH][CH]2)N(C)O1. The van der Waals surface area contributed by atoms with E-state index in [-0.39, 0.29) is 12.0 Å². The topological polar surface area (TPSA) is 38.8 Å². The molecule has 4 heteroatoms. The molecule has 0 aromatic heterocycles. The fraction of sp³-hybridized carbons (Fsp3) is 0.455. The minimum absolute atomic E-state index is 0.143. The Morgan fingerprint density at radius 2 is 2.20 bits per heavy atom. The summed E-state index contributed by atoms with van der Waals surface area (Å²) in [6.07, 6.45) is 8.20. The van der Waals surface area contributed by atoms with E-state index in [4.69, 9.17) is 4.84 Å². The highest BCUT2D eigenvalue weighted by Gasteiger charge is 2.41. The molecule has 0 bridgehead atoms. The van der Waals surface area contributed by atoms with E-state index in [2.05, 4.69) is 4.74 Å². The van der Waals surface area contributed by atoms with Crippen LogP contribution in [0, 0.1) is 31.6 Å². The van der Waals surface area contributed by atoms with Crippen molar-refractivity contribution in [1.82, 2.24) is 5.06 Å². The molecular weight excluding hydrogens is 194 g/mol. The van der Waals surface area contributed by atoms with Crippen molar-refractivity contribution >= 4 is 5.97 Å². The molecule has 0 unspecified atom stereocenters. The van der Waals surface area contributed by atoms with Gasteiger partial charge in [0.25, 0.3) is 0 Å². The van der Waals surface area contributed by atoms with Gasteiger partial charge in [-0.3, -0.25) is 4.84 Å². The van der Waals surface area contributed by atoms with E-state index >= 15 is 0 Å². The first kappa shape index (κ1) is 10.9. The zero-order valence-corrected chi connectivity index (χ0v) is 8.84. The first-order valence-corrected chi connectivity index (χ1v) is 4.91. The fourth-order valence-corrected chi connectivity index (χ4v) is 1.90. The summed E-state index contributed by atoms with van der Waals surface area (Å²) in [5.41, 5.74) is 0. The van der Waals surface area contributed by atoms with Crippen molar-refractivity contribution in [2.45, 2.75) is 18.6 Å². The molecule has 81 valence electrons. The Morgan fingerprint density at radius 3 is 2.80 bits per heavy atom. The van der Waals surface area contributed by atoms with Crippen LogP contribution in [0.1, 0.15) is 6.42 Å². The second kappa shape index (κ2) is 4.49. The molecule has 0 N–H and O–H groups in total. The molecule has 0 aromatic carbocycles.